The summed E-state index contributed by atoms with van der Waals surface area (Å²) in [6.45, 7) is 0. The van der Waals surface area contributed by atoms with Gasteiger partial charge >= 0.3 is 0 Å². The monoisotopic (exact) mass is 182 g/mol. The van der Waals surface area contributed by atoms with Gasteiger partial charge in [-0.15, -0.1) is 0 Å². The zero-order valence-corrected chi connectivity index (χ0v) is 7.07. The minimum atomic E-state index is -1.06. The van der Waals surface area contributed by atoms with E-state index in [1.165, 1.54) is 6.07 Å². The lowest BCUT2D eigenvalue weighted by molar-refractivity contribution is 0.00423. The van der Waals surface area contributed by atoms with Crippen LogP contribution in [-0.2, 0) is 6.42 Å². The minimum Gasteiger partial charge on any atom is -0.390 e. The molecular weight excluding hydrogens is 171 g/mol. The van der Waals surface area contributed by atoms with Crippen LogP contribution in [0.5, 0.6) is 0 Å². The first-order valence-corrected chi connectivity index (χ1v) is 4.33. The first-order chi connectivity index (χ1) is 6.20. The summed E-state index contributed by atoms with van der Waals surface area (Å²) < 4.78 is 13.2. The molecule has 0 heterocycles. The molecule has 0 bridgehead atoms. The first kappa shape index (κ1) is 8.66. The maximum absolute atomic E-state index is 13.2. The largest absolute Gasteiger partial charge is 0.390 e. The number of benzene rings is 1. The van der Waals surface area contributed by atoms with Crippen molar-refractivity contribution < 1.29 is 14.6 Å². The lowest BCUT2D eigenvalue weighted by Gasteiger charge is -2.26. The van der Waals surface area contributed by atoms with Crippen molar-refractivity contribution in [1.82, 2.24) is 0 Å². The third-order valence-corrected chi connectivity index (χ3v) is 2.51. The molecule has 2 N–H and O–H groups in total. The Morgan fingerprint density at radius 3 is 2.85 bits per heavy atom. The highest BCUT2D eigenvalue weighted by atomic mass is 19.1. The first-order valence-electron chi connectivity index (χ1n) is 4.33. The van der Waals surface area contributed by atoms with Gasteiger partial charge in [0, 0.05) is 5.56 Å². The summed E-state index contributed by atoms with van der Waals surface area (Å²) in [5.74, 6) is -0.427. The molecule has 0 aromatic heterocycles. The summed E-state index contributed by atoms with van der Waals surface area (Å²) in [4.78, 5) is 0. The predicted octanol–water partition coefficient (Wildman–Crippen LogP) is 1.17. The van der Waals surface area contributed by atoms with E-state index in [1.807, 2.05) is 0 Å². The second-order valence-corrected chi connectivity index (χ2v) is 3.36. The molecule has 13 heavy (non-hydrogen) atoms. The number of hydrogen-bond acceptors (Lipinski definition) is 2. The number of halogens is 1. The van der Waals surface area contributed by atoms with E-state index >= 15 is 0 Å². The Labute approximate surface area is 75.6 Å². The molecule has 70 valence electrons. The van der Waals surface area contributed by atoms with Gasteiger partial charge in [0.2, 0.25) is 0 Å². The Kier molecular flexibility index (Phi) is 2.06. The Hall–Kier alpha value is -0.930. The molecule has 0 radical (unpaired) electrons. The van der Waals surface area contributed by atoms with E-state index < -0.39 is 18.0 Å². The lowest BCUT2D eigenvalue weighted by atomic mass is 9.87. The quantitative estimate of drug-likeness (QED) is 0.632. The molecule has 2 nitrogen and oxygen atoms in total. The van der Waals surface area contributed by atoms with E-state index in [9.17, 15) is 14.6 Å². The molecule has 3 heteroatoms. The van der Waals surface area contributed by atoms with Crippen LogP contribution in [0, 0.1) is 5.82 Å². The maximum atomic E-state index is 13.2. The predicted molar refractivity (Wildman–Crippen MR) is 45.7 cm³/mol. The number of fused-ring (bicyclic) bond motifs is 1. The van der Waals surface area contributed by atoms with Crippen LogP contribution in [0.4, 0.5) is 4.39 Å². The van der Waals surface area contributed by atoms with Crippen molar-refractivity contribution in [3.05, 3.63) is 35.1 Å². The maximum Gasteiger partial charge on any atom is 0.129 e. The molecule has 0 saturated carbocycles. The van der Waals surface area contributed by atoms with Gasteiger partial charge in [-0.1, -0.05) is 12.1 Å². The summed E-state index contributed by atoms with van der Waals surface area (Å²) in [6, 6.07) is 4.71. The van der Waals surface area contributed by atoms with Gasteiger partial charge in [-0.3, -0.25) is 0 Å². The van der Waals surface area contributed by atoms with Gasteiger partial charge < -0.3 is 10.2 Å². The number of aliphatic hydroxyl groups excluding tert-OH is 2. The number of aliphatic hydroxyl groups is 2. The molecular formula is C10H11FO2. The van der Waals surface area contributed by atoms with Gasteiger partial charge in [0.25, 0.3) is 0 Å². The van der Waals surface area contributed by atoms with Crippen molar-refractivity contribution >= 4 is 0 Å². The van der Waals surface area contributed by atoms with Gasteiger partial charge in [0.05, 0.1) is 6.10 Å². The fourth-order valence-electron chi connectivity index (χ4n) is 1.78. The Bertz CT molecular complexity index is 325. The van der Waals surface area contributed by atoms with Crippen LogP contribution in [0.2, 0.25) is 0 Å². The van der Waals surface area contributed by atoms with Crippen LogP contribution >= 0.6 is 0 Å². The molecule has 0 saturated heterocycles. The van der Waals surface area contributed by atoms with Crippen molar-refractivity contribution in [2.75, 3.05) is 0 Å². The molecule has 1 aliphatic carbocycles. The fourth-order valence-corrected chi connectivity index (χ4v) is 1.78. The van der Waals surface area contributed by atoms with Gasteiger partial charge in [-0.2, -0.15) is 0 Å². The molecule has 2 atom stereocenters. The molecule has 0 aliphatic heterocycles. The van der Waals surface area contributed by atoms with E-state index in [1.54, 1.807) is 12.1 Å². The normalized spacial score (nSPS) is 27.0. The second kappa shape index (κ2) is 3.09. The topological polar surface area (TPSA) is 40.5 Å². The molecule has 1 aromatic rings. The van der Waals surface area contributed by atoms with Crippen LogP contribution in [0.3, 0.4) is 0 Å². The highest BCUT2D eigenvalue weighted by molar-refractivity contribution is 5.33. The summed E-state index contributed by atoms with van der Waals surface area (Å²) in [6.07, 6.45) is -0.766. The van der Waals surface area contributed by atoms with E-state index in [0.717, 1.165) is 5.56 Å². The molecule has 0 fully saturated rings. The molecule has 2 rings (SSSR count). The zero-order valence-electron chi connectivity index (χ0n) is 7.07. The summed E-state index contributed by atoms with van der Waals surface area (Å²) in [5.41, 5.74) is 1.07. The third kappa shape index (κ3) is 1.34. The van der Waals surface area contributed by atoms with Crippen molar-refractivity contribution in [3.8, 4) is 0 Å². The van der Waals surface area contributed by atoms with Gasteiger partial charge in [-0.05, 0) is 24.5 Å². The summed E-state index contributed by atoms with van der Waals surface area (Å²) >= 11 is 0. The molecule has 1 aromatic carbocycles. The molecule has 0 amide bonds. The van der Waals surface area contributed by atoms with E-state index in [2.05, 4.69) is 0 Å². The Morgan fingerprint density at radius 1 is 1.31 bits per heavy atom. The van der Waals surface area contributed by atoms with Gasteiger partial charge in [-0.25, -0.2) is 4.39 Å². The average molecular weight is 182 g/mol. The molecule has 0 unspecified atom stereocenters. The number of aryl methyl sites for hydroxylation is 1. The lowest BCUT2D eigenvalue weighted by Crippen LogP contribution is -2.25. The molecule has 1 aliphatic rings. The minimum absolute atomic E-state index is 0.265. The number of hydrogen-bond donors (Lipinski definition) is 2. The van der Waals surface area contributed by atoms with E-state index in [4.69, 9.17) is 0 Å². The SMILES string of the molecule is O[C@@H]1CCc2cccc(F)c2[C@@H]1O. The zero-order chi connectivity index (χ0) is 9.42. The van der Waals surface area contributed by atoms with Crippen LogP contribution in [0.15, 0.2) is 18.2 Å². The van der Waals surface area contributed by atoms with E-state index in [0.29, 0.717) is 12.8 Å². The van der Waals surface area contributed by atoms with Crippen molar-refractivity contribution in [3.63, 3.8) is 0 Å². The van der Waals surface area contributed by atoms with Crippen LogP contribution < -0.4 is 0 Å². The molecule has 0 spiro atoms. The van der Waals surface area contributed by atoms with Crippen LogP contribution in [0.1, 0.15) is 23.7 Å². The highest BCUT2D eigenvalue weighted by Crippen LogP contribution is 2.31. The standard InChI is InChI=1S/C10H11FO2/c11-7-3-1-2-6-4-5-8(12)10(13)9(6)7/h1-3,8,10,12-13H,4-5H2/t8-,10-/m1/s1. The fraction of sp³-hybridized carbons (Fsp3) is 0.400. The average Bonchev–Trinajstić information content (AvgIpc) is 2.12. The highest BCUT2D eigenvalue weighted by Gasteiger charge is 2.28. The van der Waals surface area contributed by atoms with Crippen LogP contribution in [0.25, 0.3) is 0 Å². The third-order valence-electron chi connectivity index (χ3n) is 2.51. The summed E-state index contributed by atoms with van der Waals surface area (Å²) in [7, 11) is 0. The Balaban J connectivity index is 2.51. The van der Waals surface area contributed by atoms with Crippen LogP contribution in [-0.4, -0.2) is 16.3 Å². The number of rotatable bonds is 0. The summed E-state index contributed by atoms with van der Waals surface area (Å²) in [5, 5.41) is 18.9. The van der Waals surface area contributed by atoms with Crippen molar-refractivity contribution in [1.29, 1.82) is 0 Å². The van der Waals surface area contributed by atoms with Gasteiger partial charge in [0.1, 0.15) is 11.9 Å². The van der Waals surface area contributed by atoms with Gasteiger partial charge in [0.15, 0.2) is 0 Å². The Morgan fingerprint density at radius 2 is 2.08 bits per heavy atom. The van der Waals surface area contributed by atoms with Crippen molar-refractivity contribution in [2.24, 2.45) is 0 Å². The second-order valence-electron chi connectivity index (χ2n) is 3.36. The van der Waals surface area contributed by atoms with Crippen molar-refractivity contribution in [2.45, 2.75) is 25.0 Å². The smallest absolute Gasteiger partial charge is 0.129 e. The van der Waals surface area contributed by atoms with E-state index in [-0.39, 0.29) is 5.56 Å².